The number of primary amides is 1. The molecule has 0 bridgehead atoms. The molecule has 5 N–H and O–H groups in total. The van der Waals surface area contributed by atoms with Crippen LogP contribution in [0.3, 0.4) is 0 Å². The number of halogens is 3. The number of rotatable bonds is 3. The van der Waals surface area contributed by atoms with Crippen LogP contribution in [0.15, 0.2) is 30.3 Å². The highest BCUT2D eigenvalue weighted by atomic mass is 35.5. The summed E-state index contributed by atoms with van der Waals surface area (Å²) in [4.78, 5) is 11.4. The number of carbonyl (C=O) groups is 1. The fourth-order valence-electron chi connectivity index (χ4n) is 1.67. The number of nitrogens with one attached hydrogen (secondary N) is 1. The van der Waals surface area contributed by atoms with Crippen LogP contribution in [0.2, 0.25) is 10.0 Å². The summed E-state index contributed by atoms with van der Waals surface area (Å²) in [6, 6.07) is 6.87. The molecule has 7 heteroatoms. The van der Waals surface area contributed by atoms with Crippen LogP contribution in [0.1, 0.15) is 10.4 Å². The molecule has 0 unspecified atom stereocenters. The summed E-state index contributed by atoms with van der Waals surface area (Å²) in [7, 11) is 0. The molecule has 20 heavy (non-hydrogen) atoms. The van der Waals surface area contributed by atoms with Gasteiger partial charge in [-0.05, 0) is 30.3 Å². The fraction of sp³-hybridized carbons (Fsp3) is 0. The van der Waals surface area contributed by atoms with Crippen molar-refractivity contribution in [2.75, 3.05) is 11.1 Å². The molecule has 0 radical (unpaired) electrons. The van der Waals surface area contributed by atoms with Gasteiger partial charge in [-0.3, -0.25) is 4.79 Å². The van der Waals surface area contributed by atoms with E-state index in [2.05, 4.69) is 5.32 Å². The van der Waals surface area contributed by atoms with Gasteiger partial charge in [0.2, 0.25) is 0 Å². The van der Waals surface area contributed by atoms with Gasteiger partial charge in [0.15, 0.2) is 0 Å². The van der Waals surface area contributed by atoms with Gasteiger partial charge in [-0.15, -0.1) is 0 Å². The number of benzene rings is 2. The van der Waals surface area contributed by atoms with E-state index in [1.807, 2.05) is 0 Å². The molecule has 0 spiro atoms. The third kappa shape index (κ3) is 2.95. The Morgan fingerprint density at radius 1 is 1.20 bits per heavy atom. The van der Waals surface area contributed by atoms with Crippen LogP contribution < -0.4 is 16.8 Å². The standard InChI is InChI=1S/C13H10Cl2FN3O/c14-6-1-2-11(10(16)3-6)19-12-8(13(18)20)4-7(17)5-9(12)15/h1-5,19H,17H2,(H2,18,20). The Morgan fingerprint density at radius 2 is 1.90 bits per heavy atom. The minimum absolute atomic E-state index is 0.0735. The summed E-state index contributed by atoms with van der Waals surface area (Å²) in [5.74, 6) is -1.31. The molecule has 0 aliphatic carbocycles. The summed E-state index contributed by atoms with van der Waals surface area (Å²) < 4.78 is 13.7. The maximum Gasteiger partial charge on any atom is 0.250 e. The Balaban J connectivity index is 2.50. The highest BCUT2D eigenvalue weighted by Gasteiger charge is 2.15. The van der Waals surface area contributed by atoms with Crippen LogP contribution in [-0.4, -0.2) is 5.91 Å². The van der Waals surface area contributed by atoms with Crippen LogP contribution in [0.4, 0.5) is 21.5 Å². The van der Waals surface area contributed by atoms with Crippen LogP contribution in [-0.2, 0) is 0 Å². The Hall–Kier alpha value is -1.98. The van der Waals surface area contributed by atoms with E-state index in [0.717, 1.165) is 6.07 Å². The molecule has 2 aromatic rings. The van der Waals surface area contributed by atoms with Crippen molar-refractivity contribution >= 4 is 46.2 Å². The fourth-order valence-corrected chi connectivity index (χ4v) is 2.11. The molecule has 4 nitrogen and oxygen atoms in total. The van der Waals surface area contributed by atoms with E-state index in [0.29, 0.717) is 0 Å². The molecule has 104 valence electrons. The first-order valence-electron chi connectivity index (χ1n) is 5.49. The molecule has 2 aromatic carbocycles. The molecule has 0 aliphatic rings. The van der Waals surface area contributed by atoms with Gasteiger partial charge in [0, 0.05) is 10.7 Å². The summed E-state index contributed by atoms with van der Waals surface area (Å²) in [5.41, 5.74) is 11.5. The molecule has 0 saturated heterocycles. The molecular weight excluding hydrogens is 304 g/mol. The SMILES string of the molecule is NC(=O)c1cc(N)cc(Cl)c1Nc1ccc(Cl)cc1F. The molecule has 0 heterocycles. The molecule has 1 amide bonds. The number of hydrogen-bond acceptors (Lipinski definition) is 3. The maximum absolute atomic E-state index is 13.7. The second-order valence-electron chi connectivity index (χ2n) is 4.04. The number of anilines is 3. The van der Waals surface area contributed by atoms with Crippen molar-refractivity contribution in [1.29, 1.82) is 0 Å². The van der Waals surface area contributed by atoms with E-state index in [1.165, 1.54) is 24.3 Å². The Labute approximate surface area is 124 Å². The lowest BCUT2D eigenvalue weighted by atomic mass is 10.1. The van der Waals surface area contributed by atoms with Crippen molar-refractivity contribution in [3.8, 4) is 0 Å². The van der Waals surface area contributed by atoms with Gasteiger partial charge < -0.3 is 16.8 Å². The van der Waals surface area contributed by atoms with Crippen molar-refractivity contribution in [3.05, 3.63) is 51.8 Å². The topological polar surface area (TPSA) is 81.1 Å². The molecule has 0 saturated carbocycles. The zero-order valence-electron chi connectivity index (χ0n) is 10.1. The van der Waals surface area contributed by atoms with Crippen LogP contribution in [0.25, 0.3) is 0 Å². The van der Waals surface area contributed by atoms with Crippen molar-refractivity contribution < 1.29 is 9.18 Å². The van der Waals surface area contributed by atoms with Crippen LogP contribution >= 0.6 is 23.2 Å². The largest absolute Gasteiger partial charge is 0.399 e. The summed E-state index contributed by atoms with van der Waals surface area (Å²) in [5, 5.41) is 3.14. The van der Waals surface area contributed by atoms with Gasteiger partial charge in [-0.2, -0.15) is 0 Å². The predicted molar refractivity (Wildman–Crippen MR) is 79.1 cm³/mol. The smallest absolute Gasteiger partial charge is 0.250 e. The van der Waals surface area contributed by atoms with Gasteiger partial charge in [-0.1, -0.05) is 23.2 Å². The number of hydrogen-bond donors (Lipinski definition) is 3. The second-order valence-corrected chi connectivity index (χ2v) is 4.88. The third-order valence-corrected chi connectivity index (χ3v) is 3.10. The second kappa shape index (κ2) is 5.56. The zero-order valence-corrected chi connectivity index (χ0v) is 11.6. The molecule has 0 atom stereocenters. The molecular formula is C13H10Cl2FN3O. The highest BCUT2D eigenvalue weighted by molar-refractivity contribution is 6.34. The number of nitrogen functional groups attached to an aromatic ring is 1. The number of nitrogens with two attached hydrogens (primary N) is 2. The Morgan fingerprint density at radius 3 is 2.50 bits per heavy atom. The molecule has 0 aromatic heterocycles. The summed E-state index contributed by atoms with van der Waals surface area (Å²) >= 11 is 11.7. The molecule has 0 aliphatic heterocycles. The maximum atomic E-state index is 13.7. The van der Waals surface area contributed by atoms with Gasteiger partial charge in [0.25, 0.3) is 5.91 Å². The summed E-state index contributed by atoms with van der Waals surface area (Å²) in [6.07, 6.45) is 0. The first kappa shape index (κ1) is 14.4. The van der Waals surface area contributed by atoms with Crippen LogP contribution in [0.5, 0.6) is 0 Å². The number of carbonyl (C=O) groups excluding carboxylic acids is 1. The van der Waals surface area contributed by atoms with Crippen LogP contribution in [0, 0.1) is 5.82 Å². The minimum atomic E-state index is -0.726. The Kier molecular flexibility index (Phi) is 4.01. The van der Waals surface area contributed by atoms with Crippen molar-refractivity contribution in [2.24, 2.45) is 5.73 Å². The quantitative estimate of drug-likeness (QED) is 0.758. The normalized spacial score (nSPS) is 10.3. The van der Waals surface area contributed by atoms with Crippen molar-refractivity contribution in [1.82, 2.24) is 0 Å². The van der Waals surface area contributed by atoms with E-state index < -0.39 is 11.7 Å². The first-order valence-corrected chi connectivity index (χ1v) is 6.25. The van der Waals surface area contributed by atoms with Gasteiger partial charge in [-0.25, -0.2) is 4.39 Å². The van der Waals surface area contributed by atoms with Crippen molar-refractivity contribution in [3.63, 3.8) is 0 Å². The minimum Gasteiger partial charge on any atom is -0.399 e. The third-order valence-electron chi connectivity index (χ3n) is 2.57. The average Bonchev–Trinajstić information content (AvgIpc) is 2.34. The van der Waals surface area contributed by atoms with Gasteiger partial charge in [0.05, 0.1) is 22.0 Å². The van der Waals surface area contributed by atoms with Gasteiger partial charge >= 0.3 is 0 Å². The van der Waals surface area contributed by atoms with E-state index in [-0.39, 0.29) is 32.7 Å². The van der Waals surface area contributed by atoms with E-state index in [4.69, 9.17) is 34.7 Å². The first-order chi connectivity index (χ1) is 9.38. The molecule has 2 rings (SSSR count). The monoisotopic (exact) mass is 313 g/mol. The van der Waals surface area contributed by atoms with Crippen molar-refractivity contribution in [2.45, 2.75) is 0 Å². The van der Waals surface area contributed by atoms with E-state index in [9.17, 15) is 9.18 Å². The highest BCUT2D eigenvalue weighted by Crippen LogP contribution is 2.33. The lowest BCUT2D eigenvalue weighted by Gasteiger charge is -2.13. The lowest BCUT2D eigenvalue weighted by Crippen LogP contribution is -2.14. The molecule has 0 fully saturated rings. The predicted octanol–water partition coefficient (Wildman–Crippen LogP) is 3.56. The zero-order chi connectivity index (χ0) is 14.9. The van der Waals surface area contributed by atoms with E-state index >= 15 is 0 Å². The number of amides is 1. The Bertz CT molecular complexity index is 692. The van der Waals surface area contributed by atoms with E-state index in [1.54, 1.807) is 0 Å². The lowest BCUT2D eigenvalue weighted by molar-refractivity contribution is 0.100. The summed E-state index contributed by atoms with van der Waals surface area (Å²) in [6.45, 7) is 0. The van der Waals surface area contributed by atoms with Gasteiger partial charge in [0.1, 0.15) is 5.82 Å². The average molecular weight is 314 g/mol.